The molecule has 2 heterocycles. The number of urea groups is 1. The van der Waals surface area contributed by atoms with Gasteiger partial charge < -0.3 is 19.6 Å². The Bertz CT molecular complexity index is 1140. The summed E-state index contributed by atoms with van der Waals surface area (Å²) in [6.45, 7) is 2.28. The number of rotatable bonds is 9. The van der Waals surface area contributed by atoms with Gasteiger partial charge in [-0.3, -0.25) is 14.5 Å². The molecule has 3 fully saturated rings. The molecule has 1 saturated carbocycles. The van der Waals surface area contributed by atoms with Crippen molar-refractivity contribution in [3.63, 3.8) is 0 Å². The van der Waals surface area contributed by atoms with Crippen LogP contribution >= 0.6 is 0 Å². The van der Waals surface area contributed by atoms with Gasteiger partial charge in [-0.1, -0.05) is 24.3 Å². The van der Waals surface area contributed by atoms with Crippen molar-refractivity contribution in [1.82, 2.24) is 9.80 Å². The van der Waals surface area contributed by atoms with Crippen molar-refractivity contribution in [3.8, 4) is 5.75 Å². The molecule has 190 valence electrons. The lowest BCUT2D eigenvalue weighted by atomic mass is 9.85. The molecular weight excluding hydrogens is 458 g/mol. The molecule has 36 heavy (non-hydrogen) atoms. The van der Waals surface area contributed by atoms with Gasteiger partial charge in [-0.15, -0.1) is 0 Å². The molecule has 8 heteroatoms. The molecule has 2 aliphatic heterocycles. The first kappa shape index (κ1) is 24.2. The van der Waals surface area contributed by atoms with Crippen molar-refractivity contribution in [3.05, 3.63) is 59.7 Å². The molecule has 1 spiro atoms. The van der Waals surface area contributed by atoms with Crippen LogP contribution in [0.15, 0.2) is 48.5 Å². The van der Waals surface area contributed by atoms with Crippen molar-refractivity contribution in [1.29, 1.82) is 0 Å². The first-order chi connectivity index (χ1) is 17.4. The smallest absolute Gasteiger partial charge is 0.327 e. The van der Waals surface area contributed by atoms with E-state index in [-0.39, 0.29) is 18.4 Å². The number of ether oxygens (including phenoxy) is 1. The monoisotopic (exact) mass is 491 g/mol. The van der Waals surface area contributed by atoms with Crippen molar-refractivity contribution in [2.24, 2.45) is 5.92 Å². The summed E-state index contributed by atoms with van der Waals surface area (Å²) in [6.07, 6.45) is 3.93. The number of hydrogen-bond acceptors (Lipinski definition) is 5. The standard InChI is InChI=1S/C28H33N3O5/c1-36-24-9-7-20(8-10-24)11-14-31-27(35)30(19-21-5-6-21)26(34)28(31)12-15-29(16-13-28)23-4-2-3-22(17-23)18-25(32)33/h2-4,7-10,17,21H,5-6,11-16,18-19H2,1H3,(H,32,33). The van der Waals surface area contributed by atoms with E-state index in [0.29, 0.717) is 51.4 Å². The molecule has 3 amide bonds. The first-order valence-electron chi connectivity index (χ1n) is 12.7. The number of methoxy groups -OCH3 is 1. The highest BCUT2D eigenvalue weighted by atomic mass is 16.5. The van der Waals surface area contributed by atoms with E-state index >= 15 is 0 Å². The number of anilines is 1. The minimum absolute atomic E-state index is 0.0200. The van der Waals surface area contributed by atoms with E-state index in [9.17, 15) is 14.4 Å². The number of benzene rings is 2. The molecule has 3 aliphatic rings. The third-order valence-corrected chi connectivity index (χ3v) is 7.76. The number of hydrogen-bond donors (Lipinski definition) is 1. The van der Waals surface area contributed by atoms with Gasteiger partial charge >= 0.3 is 12.0 Å². The number of nitrogens with zero attached hydrogens (tertiary/aromatic N) is 3. The van der Waals surface area contributed by atoms with Crippen LogP contribution in [0.25, 0.3) is 0 Å². The quantitative estimate of drug-likeness (QED) is 0.540. The predicted octanol–water partition coefficient (Wildman–Crippen LogP) is 3.58. The summed E-state index contributed by atoms with van der Waals surface area (Å²) in [5, 5.41) is 9.14. The maximum absolute atomic E-state index is 13.7. The lowest BCUT2D eigenvalue weighted by Crippen LogP contribution is -2.57. The molecule has 0 unspecified atom stereocenters. The molecule has 8 nitrogen and oxygen atoms in total. The predicted molar refractivity (Wildman–Crippen MR) is 135 cm³/mol. The summed E-state index contributed by atoms with van der Waals surface area (Å²) in [4.78, 5) is 43.9. The van der Waals surface area contributed by atoms with Crippen LogP contribution in [-0.2, 0) is 22.4 Å². The topological polar surface area (TPSA) is 90.4 Å². The molecule has 5 rings (SSSR count). The zero-order valence-electron chi connectivity index (χ0n) is 20.7. The van der Waals surface area contributed by atoms with E-state index in [4.69, 9.17) is 9.84 Å². The van der Waals surface area contributed by atoms with Crippen LogP contribution < -0.4 is 9.64 Å². The zero-order chi connectivity index (χ0) is 25.3. The minimum atomic E-state index is -0.858. The Morgan fingerprint density at radius 3 is 2.42 bits per heavy atom. The second kappa shape index (κ2) is 9.84. The van der Waals surface area contributed by atoms with Crippen molar-refractivity contribution in [2.75, 3.05) is 38.2 Å². The molecule has 0 atom stereocenters. The maximum Gasteiger partial charge on any atom is 0.327 e. The summed E-state index contributed by atoms with van der Waals surface area (Å²) >= 11 is 0. The summed E-state index contributed by atoms with van der Waals surface area (Å²) < 4.78 is 5.25. The van der Waals surface area contributed by atoms with E-state index in [1.807, 2.05) is 53.4 Å². The highest BCUT2D eigenvalue weighted by molar-refractivity contribution is 6.07. The lowest BCUT2D eigenvalue weighted by Gasteiger charge is -2.43. The number of amides is 3. The number of imide groups is 1. The Morgan fingerprint density at radius 2 is 1.78 bits per heavy atom. The van der Waals surface area contributed by atoms with Gasteiger partial charge in [0.2, 0.25) is 0 Å². The Hall–Kier alpha value is -3.55. The Labute approximate surface area is 211 Å². The molecule has 0 aromatic heterocycles. The van der Waals surface area contributed by atoms with Crippen molar-refractivity contribution in [2.45, 2.75) is 44.1 Å². The fraction of sp³-hybridized carbons (Fsp3) is 0.464. The molecule has 2 aromatic carbocycles. The van der Waals surface area contributed by atoms with Crippen LogP contribution in [0.2, 0.25) is 0 Å². The highest BCUT2D eigenvalue weighted by Crippen LogP contribution is 2.41. The minimum Gasteiger partial charge on any atom is -0.497 e. The second-order valence-electron chi connectivity index (χ2n) is 10.2. The van der Waals surface area contributed by atoms with E-state index in [1.54, 1.807) is 7.11 Å². The normalized spacial score (nSPS) is 19.3. The van der Waals surface area contributed by atoms with E-state index in [1.165, 1.54) is 4.90 Å². The molecule has 1 aliphatic carbocycles. The van der Waals surface area contributed by atoms with Crippen LogP contribution in [0.1, 0.15) is 36.8 Å². The molecular formula is C28H33N3O5. The average molecular weight is 492 g/mol. The number of aliphatic carboxylic acids is 1. The fourth-order valence-corrected chi connectivity index (χ4v) is 5.50. The number of carboxylic acid groups (broad SMARTS) is 1. The van der Waals surface area contributed by atoms with E-state index in [0.717, 1.165) is 35.4 Å². The third kappa shape index (κ3) is 4.76. The Kier molecular flexibility index (Phi) is 6.60. The Morgan fingerprint density at radius 1 is 1.06 bits per heavy atom. The Balaban J connectivity index is 1.33. The number of carbonyl (C=O) groups excluding carboxylic acids is 2. The second-order valence-corrected chi connectivity index (χ2v) is 10.2. The van der Waals surface area contributed by atoms with Gasteiger partial charge in [0.05, 0.1) is 13.5 Å². The van der Waals surface area contributed by atoms with Crippen LogP contribution in [0, 0.1) is 5.92 Å². The summed E-state index contributed by atoms with van der Waals surface area (Å²) in [5.41, 5.74) is 2.00. The van der Waals surface area contributed by atoms with Gasteiger partial charge in [0, 0.05) is 31.9 Å². The first-order valence-corrected chi connectivity index (χ1v) is 12.7. The summed E-state index contributed by atoms with van der Waals surface area (Å²) in [6, 6.07) is 15.3. The van der Waals surface area contributed by atoms with Crippen molar-refractivity contribution < 1.29 is 24.2 Å². The molecule has 1 N–H and O–H groups in total. The van der Waals surface area contributed by atoms with Gasteiger partial charge in [0.25, 0.3) is 5.91 Å². The van der Waals surface area contributed by atoms with Crippen LogP contribution in [-0.4, -0.2) is 71.6 Å². The highest BCUT2D eigenvalue weighted by Gasteiger charge is 2.58. The van der Waals surface area contributed by atoms with Crippen LogP contribution in [0.5, 0.6) is 5.75 Å². The van der Waals surface area contributed by atoms with Crippen LogP contribution in [0.4, 0.5) is 10.5 Å². The van der Waals surface area contributed by atoms with Gasteiger partial charge in [0.1, 0.15) is 11.3 Å². The zero-order valence-corrected chi connectivity index (χ0v) is 20.7. The third-order valence-electron chi connectivity index (χ3n) is 7.76. The average Bonchev–Trinajstić information content (AvgIpc) is 3.69. The number of carbonyl (C=O) groups is 3. The summed E-state index contributed by atoms with van der Waals surface area (Å²) in [5.74, 6) is 0.322. The van der Waals surface area contributed by atoms with Crippen molar-refractivity contribution >= 4 is 23.6 Å². The van der Waals surface area contributed by atoms with E-state index < -0.39 is 11.5 Å². The molecule has 0 radical (unpaired) electrons. The van der Waals surface area contributed by atoms with E-state index in [2.05, 4.69) is 4.90 Å². The largest absolute Gasteiger partial charge is 0.497 e. The fourth-order valence-electron chi connectivity index (χ4n) is 5.50. The number of piperidine rings is 1. The van der Waals surface area contributed by atoms with Gasteiger partial charge in [0.15, 0.2) is 0 Å². The van der Waals surface area contributed by atoms with Crippen LogP contribution in [0.3, 0.4) is 0 Å². The van der Waals surface area contributed by atoms with Gasteiger partial charge in [-0.25, -0.2) is 4.79 Å². The maximum atomic E-state index is 13.7. The lowest BCUT2D eigenvalue weighted by molar-refractivity contribution is -0.136. The molecule has 2 aromatic rings. The van der Waals surface area contributed by atoms with Gasteiger partial charge in [-0.2, -0.15) is 0 Å². The van der Waals surface area contributed by atoms with Gasteiger partial charge in [-0.05, 0) is 73.4 Å². The summed E-state index contributed by atoms with van der Waals surface area (Å²) in [7, 11) is 1.64. The SMILES string of the molecule is COc1ccc(CCN2C(=O)N(CC3CC3)C(=O)C23CCN(c2cccc(CC(=O)O)c2)CC3)cc1. The molecule has 2 saturated heterocycles. The molecule has 0 bridgehead atoms. The number of carboxylic acids is 1.